The Balaban J connectivity index is 1.47. The van der Waals surface area contributed by atoms with E-state index in [2.05, 4.69) is 15.6 Å². The summed E-state index contributed by atoms with van der Waals surface area (Å²) >= 11 is 0. The largest absolute Gasteiger partial charge is 0.340 e. The van der Waals surface area contributed by atoms with Gasteiger partial charge < -0.3 is 15.5 Å². The number of carbonyl (C=O) groups excluding carboxylic acids is 2. The average molecular weight is 330 g/mol. The molecule has 24 heavy (non-hydrogen) atoms. The molecule has 6 nitrogen and oxygen atoms in total. The molecule has 1 aliphatic carbocycles. The first kappa shape index (κ1) is 16.7. The lowest BCUT2D eigenvalue weighted by molar-refractivity contribution is -0.130. The molecule has 0 spiro atoms. The van der Waals surface area contributed by atoms with E-state index < -0.39 is 0 Å². The molecule has 1 saturated carbocycles. The number of aryl methyl sites for hydroxylation is 1. The normalized spacial score (nSPS) is 24.0. The standard InChI is InChI=1S/C18H26N4O2/c1-13-14(5-3-9-19-13)12-20-18(24)21-15-6-2-7-16(11-15)22-10-4-8-17(22)23/h3,5,9,15-16H,2,4,6-8,10-12H2,1H3,(H2,20,21,24). The second-order valence-electron chi connectivity index (χ2n) is 6.78. The predicted octanol–water partition coefficient (Wildman–Crippen LogP) is 2.12. The molecule has 2 N–H and O–H groups in total. The van der Waals surface area contributed by atoms with Gasteiger partial charge in [-0.1, -0.05) is 6.07 Å². The first-order chi connectivity index (χ1) is 11.6. The number of aromatic nitrogens is 1. The Bertz CT molecular complexity index is 604. The van der Waals surface area contributed by atoms with Crippen molar-refractivity contribution in [1.82, 2.24) is 20.5 Å². The SMILES string of the molecule is Cc1ncccc1CNC(=O)NC1CCCC(N2CCCC2=O)C1. The maximum atomic E-state index is 12.2. The van der Waals surface area contributed by atoms with Crippen molar-refractivity contribution in [3.63, 3.8) is 0 Å². The molecular formula is C18H26N4O2. The summed E-state index contributed by atoms with van der Waals surface area (Å²) < 4.78 is 0. The molecule has 130 valence electrons. The van der Waals surface area contributed by atoms with Gasteiger partial charge in [0.1, 0.15) is 0 Å². The zero-order valence-electron chi connectivity index (χ0n) is 14.3. The summed E-state index contributed by atoms with van der Waals surface area (Å²) in [5, 5.41) is 5.98. The van der Waals surface area contributed by atoms with Crippen LogP contribution in [0.15, 0.2) is 18.3 Å². The van der Waals surface area contributed by atoms with E-state index in [1.165, 1.54) is 0 Å². The summed E-state index contributed by atoms with van der Waals surface area (Å²) in [5.74, 6) is 0.275. The molecule has 2 heterocycles. The van der Waals surface area contributed by atoms with Crippen molar-refractivity contribution in [2.75, 3.05) is 6.54 Å². The van der Waals surface area contributed by atoms with Crippen LogP contribution in [0.1, 0.15) is 49.8 Å². The summed E-state index contributed by atoms with van der Waals surface area (Å²) in [6.45, 7) is 3.29. The molecule has 1 saturated heterocycles. The van der Waals surface area contributed by atoms with Crippen LogP contribution in [0, 0.1) is 6.92 Å². The summed E-state index contributed by atoms with van der Waals surface area (Å²) in [6, 6.07) is 4.14. The van der Waals surface area contributed by atoms with Crippen molar-refractivity contribution in [2.24, 2.45) is 0 Å². The molecule has 0 aromatic carbocycles. The monoisotopic (exact) mass is 330 g/mol. The van der Waals surface area contributed by atoms with Crippen LogP contribution in [0.4, 0.5) is 4.79 Å². The number of likely N-dealkylation sites (tertiary alicyclic amines) is 1. The maximum absolute atomic E-state index is 12.2. The fraction of sp³-hybridized carbons (Fsp3) is 0.611. The minimum absolute atomic E-state index is 0.142. The Morgan fingerprint density at radius 1 is 1.38 bits per heavy atom. The lowest BCUT2D eigenvalue weighted by atomic mass is 9.90. The lowest BCUT2D eigenvalue weighted by Crippen LogP contribution is -2.48. The van der Waals surface area contributed by atoms with Gasteiger partial charge in [-0.3, -0.25) is 9.78 Å². The molecule has 0 radical (unpaired) electrons. The van der Waals surface area contributed by atoms with Crippen LogP contribution in [-0.2, 0) is 11.3 Å². The number of pyridine rings is 1. The summed E-state index contributed by atoms with van der Waals surface area (Å²) in [4.78, 5) is 30.3. The van der Waals surface area contributed by atoms with E-state index in [0.717, 1.165) is 49.9 Å². The molecule has 3 amide bonds. The zero-order valence-corrected chi connectivity index (χ0v) is 14.3. The maximum Gasteiger partial charge on any atom is 0.315 e. The number of amides is 3. The molecule has 2 fully saturated rings. The fourth-order valence-electron chi connectivity index (χ4n) is 3.75. The van der Waals surface area contributed by atoms with Gasteiger partial charge in [0, 0.05) is 43.5 Å². The van der Waals surface area contributed by atoms with Crippen LogP contribution in [0.3, 0.4) is 0 Å². The molecule has 2 aliphatic rings. The first-order valence-corrected chi connectivity index (χ1v) is 8.88. The Hall–Kier alpha value is -2.11. The molecule has 6 heteroatoms. The Kier molecular flexibility index (Phi) is 5.33. The van der Waals surface area contributed by atoms with E-state index in [9.17, 15) is 9.59 Å². The van der Waals surface area contributed by atoms with Gasteiger partial charge >= 0.3 is 6.03 Å². The van der Waals surface area contributed by atoms with E-state index in [1.54, 1.807) is 6.20 Å². The highest BCUT2D eigenvalue weighted by molar-refractivity contribution is 5.78. The number of nitrogens with zero attached hydrogens (tertiary/aromatic N) is 2. The summed E-state index contributed by atoms with van der Waals surface area (Å²) in [7, 11) is 0. The van der Waals surface area contributed by atoms with Crippen molar-refractivity contribution < 1.29 is 9.59 Å². The highest BCUT2D eigenvalue weighted by Crippen LogP contribution is 2.26. The van der Waals surface area contributed by atoms with Crippen molar-refractivity contribution in [2.45, 2.75) is 64.1 Å². The van der Waals surface area contributed by atoms with E-state index in [-0.39, 0.29) is 18.0 Å². The molecule has 1 aliphatic heterocycles. The summed E-state index contributed by atoms with van der Waals surface area (Å²) in [6.07, 6.45) is 7.36. The van der Waals surface area contributed by atoms with Crippen LogP contribution >= 0.6 is 0 Å². The van der Waals surface area contributed by atoms with Crippen LogP contribution in [0.2, 0.25) is 0 Å². The minimum Gasteiger partial charge on any atom is -0.340 e. The lowest BCUT2D eigenvalue weighted by Gasteiger charge is -2.35. The Labute approximate surface area is 143 Å². The fourth-order valence-corrected chi connectivity index (χ4v) is 3.75. The highest BCUT2D eigenvalue weighted by Gasteiger charge is 2.32. The topological polar surface area (TPSA) is 74.3 Å². The Morgan fingerprint density at radius 3 is 3.00 bits per heavy atom. The third-order valence-electron chi connectivity index (χ3n) is 5.09. The smallest absolute Gasteiger partial charge is 0.315 e. The van der Waals surface area contributed by atoms with Crippen molar-refractivity contribution in [3.8, 4) is 0 Å². The number of hydrogen-bond acceptors (Lipinski definition) is 3. The van der Waals surface area contributed by atoms with Crippen molar-refractivity contribution >= 4 is 11.9 Å². The summed E-state index contributed by atoms with van der Waals surface area (Å²) in [5.41, 5.74) is 1.96. The molecule has 2 unspecified atom stereocenters. The zero-order chi connectivity index (χ0) is 16.9. The van der Waals surface area contributed by atoms with Gasteiger partial charge in [-0.05, 0) is 50.7 Å². The molecular weight excluding hydrogens is 304 g/mol. The van der Waals surface area contributed by atoms with Gasteiger partial charge in [0.25, 0.3) is 0 Å². The van der Waals surface area contributed by atoms with Crippen molar-refractivity contribution in [1.29, 1.82) is 0 Å². The molecule has 2 atom stereocenters. The third kappa shape index (κ3) is 4.04. The first-order valence-electron chi connectivity index (χ1n) is 8.88. The van der Waals surface area contributed by atoms with E-state index in [1.807, 2.05) is 24.0 Å². The quantitative estimate of drug-likeness (QED) is 0.888. The Morgan fingerprint density at radius 2 is 2.25 bits per heavy atom. The number of nitrogens with one attached hydrogen (secondary N) is 2. The number of urea groups is 1. The number of carbonyl (C=O) groups is 2. The van der Waals surface area contributed by atoms with Crippen molar-refractivity contribution in [3.05, 3.63) is 29.6 Å². The third-order valence-corrected chi connectivity index (χ3v) is 5.09. The molecule has 3 rings (SSSR count). The van der Waals surface area contributed by atoms with Gasteiger partial charge in [-0.25, -0.2) is 4.79 Å². The van der Waals surface area contributed by atoms with Crippen LogP contribution in [0.25, 0.3) is 0 Å². The van der Waals surface area contributed by atoms with Crippen LogP contribution in [-0.4, -0.2) is 40.5 Å². The van der Waals surface area contributed by atoms with E-state index in [0.29, 0.717) is 19.0 Å². The second-order valence-corrected chi connectivity index (χ2v) is 6.78. The number of hydrogen-bond donors (Lipinski definition) is 2. The van der Waals surface area contributed by atoms with E-state index in [4.69, 9.17) is 0 Å². The highest BCUT2D eigenvalue weighted by atomic mass is 16.2. The average Bonchev–Trinajstić information content (AvgIpc) is 3.00. The molecule has 1 aromatic heterocycles. The van der Waals surface area contributed by atoms with Gasteiger partial charge in [0.2, 0.25) is 5.91 Å². The van der Waals surface area contributed by atoms with Crippen LogP contribution in [0.5, 0.6) is 0 Å². The van der Waals surface area contributed by atoms with Gasteiger partial charge in [0.05, 0.1) is 0 Å². The number of rotatable bonds is 4. The van der Waals surface area contributed by atoms with Gasteiger partial charge in [0.15, 0.2) is 0 Å². The minimum atomic E-state index is -0.142. The van der Waals surface area contributed by atoms with Gasteiger partial charge in [-0.15, -0.1) is 0 Å². The van der Waals surface area contributed by atoms with E-state index >= 15 is 0 Å². The molecule has 0 bridgehead atoms. The van der Waals surface area contributed by atoms with Crippen LogP contribution < -0.4 is 10.6 Å². The second kappa shape index (κ2) is 7.64. The van der Waals surface area contributed by atoms with Gasteiger partial charge in [-0.2, -0.15) is 0 Å². The predicted molar refractivity (Wildman–Crippen MR) is 91.3 cm³/mol. The molecule has 1 aromatic rings.